The number of hydrogen-bond donors (Lipinski definition) is 3. The molecule has 2 rings (SSSR count). The predicted octanol–water partition coefficient (Wildman–Crippen LogP) is 3.38. The van der Waals surface area contributed by atoms with E-state index in [-0.39, 0.29) is 17.7 Å². The fourth-order valence-corrected chi connectivity index (χ4v) is 3.35. The number of aromatic hydroxyl groups is 1. The van der Waals surface area contributed by atoms with Gasteiger partial charge >= 0.3 is 0 Å². The van der Waals surface area contributed by atoms with Gasteiger partial charge in [-0.3, -0.25) is 4.79 Å². The van der Waals surface area contributed by atoms with Crippen LogP contribution in [0.4, 0.5) is 0 Å². The van der Waals surface area contributed by atoms with E-state index in [2.05, 4.69) is 5.32 Å². The summed E-state index contributed by atoms with van der Waals surface area (Å²) in [5, 5.41) is 24.9. The Hall–Kier alpha value is -1.46. The lowest BCUT2D eigenvalue weighted by molar-refractivity contribution is -0.121. The van der Waals surface area contributed by atoms with Gasteiger partial charge in [0.05, 0.1) is 0 Å². The van der Waals surface area contributed by atoms with Gasteiger partial charge in [-0.2, -0.15) is 0 Å². The van der Waals surface area contributed by atoms with Crippen LogP contribution in [-0.4, -0.2) is 21.4 Å². The number of thioether (sulfide) groups is 1. The molecule has 1 heterocycles. The van der Waals surface area contributed by atoms with Crippen molar-refractivity contribution < 1.29 is 15.0 Å². The molecule has 1 aliphatic heterocycles. The van der Waals surface area contributed by atoms with Gasteiger partial charge in [-0.1, -0.05) is 27.7 Å². The summed E-state index contributed by atoms with van der Waals surface area (Å²) in [6, 6.07) is 3.62. The largest absolute Gasteiger partial charge is 0.507 e. The first-order chi connectivity index (χ1) is 10.3. The van der Waals surface area contributed by atoms with E-state index in [4.69, 9.17) is 0 Å². The topological polar surface area (TPSA) is 69.6 Å². The Labute approximate surface area is 135 Å². The average Bonchev–Trinajstić information content (AvgIpc) is 2.46. The molecule has 2 unspecified atom stereocenters. The maximum atomic E-state index is 11.9. The maximum Gasteiger partial charge on any atom is 0.240 e. The second-order valence-electron chi connectivity index (χ2n) is 6.17. The van der Waals surface area contributed by atoms with Gasteiger partial charge in [-0.05, 0) is 46.1 Å². The Morgan fingerprint density at radius 1 is 1.14 bits per heavy atom. The Kier molecular flexibility index (Phi) is 5.19. The summed E-state index contributed by atoms with van der Waals surface area (Å²) in [4.78, 5) is 11.9. The molecule has 4 nitrogen and oxygen atoms in total. The Morgan fingerprint density at radius 2 is 1.68 bits per heavy atom. The summed E-state index contributed by atoms with van der Waals surface area (Å²) in [5.41, 5.74) is 2.28. The van der Waals surface area contributed by atoms with Crippen molar-refractivity contribution in [3.8, 4) is 5.75 Å². The first kappa shape index (κ1) is 16.9. The quantitative estimate of drug-likeness (QED) is 0.795. The molecule has 0 fully saturated rings. The van der Waals surface area contributed by atoms with E-state index in [0.717, 1.165) is 11.1 Å². The monoisotopic (exact) mass is 321 g/mol. The minimum atomic E-state index is -0.912. The van der Waals surface area contributed by atoms with Crippen molar-refractivity contribution in [3.05, 3.63) is 40.4 Å². The third kappa shape index (κ3) is 3.31. The first-order valence-electron chi connectivity index (χ1n) is 7.48. The van der Waals surface area contributed by atoms with Gasteiger partial charge < -0.3 is 15.5 Å². The Balaban J connectivity index is 2.45. The van der Waals surface area contributed by atoms with Gasteiger partial charge in [0.25, 0.3) is 0 Å². The lowest BCUT2D eigenvalue weighted by atomic mass is 9.89. The van der Waals surface area contributed by atoms with Crippen LogP contribution < -0.4 is 5.32 Å². The fraction of sp³-hybridized carbons (Fsp3) is 0.471. The van der Waals surface area contributed by atoms with Crippen LogP contribution in [0.15, 0.2) is 23.7 Å². The van der Waals surface area contributed by atoms with Crippen LogP contribution in [0.25, 0.3) is 0 Å². The molecular formula is C17H23NO3S. The summed E-state index contributed by atoms with van der Waals surface area (Å²) in [5.74, 6) is 0.363. The van der Waals surface area contributed by atoms with Crippen LogP contribution in [-0.2, 0) is 4.79 Å². The van der Waals surface area contributed by atoms with Crippen LogP contribution in [0, 0.1) is 0 Å². The predicted molar refractivity (Wildman–Crippen MR) is 89.9 cm³/mol. The van der Waals surface area contributed by atoms with Gasteiger partial charge in [-0.15, -0.1) is 11.8 Å². The number of rotatable bonds is 4. The number of carbonyl (C=O) groups excluding carboxylic acids is 1. The zero-order valence-electron chi connectivity index (χ0n) is 13.3. The minimum Gasteiger partial charge on any atom is -0.507 e. The van der Waals surface area contributed by atoms with Crippen molar-refractivity contribution in [2.45, 2.75) is 50.9 Å². The van der Waals surface area contributed by atoms with E-state index < -0.39 is 11.4 Å². The molecule has 0 aliphatic carbocycles. The minimum absolute atomic E-state index is 0.136. The molecule has 1 aliphatic rings. The van der Waals surface area contributed by atoms with Crippen molar-refractivity contribution in [1.29, 1.82) is 0 Å². The van der Waals surface area contributed by atoms with Crippen molar-refractivity contribution in [2.75, 3.05) is 0 Å². The fourth-order valence-electron chi connectivity index (χ4n) is 2.53. The van der Waals surface area contributed by atoms with Crippen LogP contribution in [0.1, 0.15) is 62.3 Å². The SMILES string of the molecule is CC(C)c1cc(C(O)C2SC=CNC2=O)cc(C(C)C)c1O. The van der Waals surface area contributed by atoms with Crippen LogP contribution in [0.2, 0.25) is 0 Å². The third-order valence-electron chi connectivity index (χ3n) is 3.84. The van der Waals surface area contributed by atoms with E-state index in [0.29, 0.717) is 11.3 Å². The average molecular weight is 321 g/mol. The zero-order valence-corrected chi connectivity index (χ0v) is 14.1. The van der Waals surface area contributed by atoms with E-state index in [9.17, 15) is 15.0 Å². The number of amides is 1. The maximum absolute atomic E-state index is 11.9. The van der Waals surface area contributed by atoms with E-state index in [1.54, 1.807) is 11.6 Å². The van der Waals surface area contributed by atoms with Crippen molar-refractivity contribution in [1.82, 2.24) is 5.32 Å². The molecule has 1 aromatic rings. The number of aliphatic hydroxyl groups is 1. The van der Waals surface area contributed by atoms with Crippen molar-refractivity contribution in [2.24, 2.45) is 0 Å². The number of phenolic OH excluding ortho intramolecular Hbond substituents is 1. The summed E-state index contributed by atoms with van der Waals surface area (Å²) in [6.07, 6.45) is 0.664. The Bertz CT molecular complexity index is 567. The van der Waals surface area contributed by atoms with Gasteiger partial charge in [-0.25, -0.2) is 0 Å². The van der Waals surface area contributed by atoms with Crippen LogP contribution in [0.5, 0.6) is 5.75 Å². The highest BCUT2D eigenvalue weighted by molar-refractivity contribution is 8.03. The standard InChI is InChI=1S/C17H23NO3S/c1-9(2)12-7-11(8-13(10(3)4)15(12)20)14(19)16-17(21)18-5-6-22-16/h5-10,14,16,19-20H,1-4H3,(H,18,21). The number of carbonyl (C=O) groups is 1. The molecule has 0 aromatic heterocycles. The molecule has 1 aromatic carbocycles. The molecule has 0 radical (unpaired) electrons. The van der Waals surface area contributed by atoms with E-state index in [1.165, 1.54) is 11.8 Å². The summed E-state index contributed by atoms with van der Waals surface area (Å²) in [6.45, 7) is 8.00. The number of nitrogens with one attached hydrogen (secondary N) is 1. The highest BCUT2D eigenvalue weighted by Crippen LogP contribution is 2.38. The first-order valence-corrected chi connectivity index (χ1v) is 8.42. The van der Waals surface area contributed by atoms with Gasteiger partial charge in [0, 0.05) is 6.20 Å². The summed E-state index contributed by atoms with van der Waals surface area (Å²) in [7, 11) is 0. The zero-order chi connectivity index (χ0) is 16.4. The van der Waals surface area contributed by atoms with E-state index >= 15 is 0 Å². The van der Waals surface area contributed by atoms with E-state index in [1.807, 2.05) is 39.8 Å². The molecule has 22 heavy (non-hydrogen) atoms. The molecule has 0 spiro atoms. The van der Waals surface area contributed by atoms with Crippen LogP contribution >= 0.6 is 11.8 Å². The number of benzene rings is 1. The normalized spacial score (nSPS) is 19.6. The van der Waals surface area contributed by atoms with Gasteiger partial charge in [0.15, 0.2) is 0 Å². The lowest BCUT2D eigenvalue weighted by Gasteiger charge is -2.25. The second kappa shape index (κ2) is 6.75. The van der Waals surface area contributed by atoms with Gasteiger partial charge in [0.1, 0.15) is 17.1 Å². The van der Waals surface area contributed by atoms with Crippen LogP contribution in [0.3, 0.4) is 0 Å². The highest BCUT2D eigenvalue weighted by atomic mass is 32.2. The molecule has 3 N–H and O–H groups in total. The second-order valence-corrected chi connectivity index (χ2v) is 7.22. The molecule has 0 saturated carbocycles. The molecule has 0 bridgehead atoms. The van der Waals surface area contributed by atoms with Crippen molar-refractivity contribution >= 4 is 17.7 Å². The Morgan fingerprint density at radius 3 is 2.14 bits per heavy atom. The molecule has 0 saturated heterocycles. The summed E-state index contributed by atoms with van der Waals surface area (Å²) >= 11 is 1.30. The highest BCUT2D eigenvalue weighted by Gasteiger charge is 2.30. The number of aliphatic hydroxyl groups excluding tert-OH is 1. The lowest BCUT2D eigenvalue weighted by Crippen LogP contribution is -2.35. The number of phenols is 1. The summed E-state index contributed by atoms with van der Waals surface area (Å²) < 4.78 is 0. The number of hydrogen-bond acceptors (Lipinski definition) is 4. The molecule has 5 heteroatoms. The molecular weight excluding hydrogens is 298 g/mol. The van der Waals surface area contributed by atoms with Crippen molar-refractivity contribution in [3.63, 3.8) is 0 Å². The molecule has 1 amide bonds. The third-order valence-corrected chi connectivity index (χ3v) is 4.90. The smallest absolute Gasteiger partial charge is 0.240 e. The molecule has 2 atom stereocenters. The molecule has 120 valence electrons. The van der Waals surface area contributed by atoms with Gasteiger partial charge in [0.2, 0.25) is 5.91 Å².